The lowest BCUT2D eigenvalue weighted by Crippen LogP contribution is -2.35. The van der Waals surface area contributed by atoms with Crippen LogP contribution in [-0.4, -0.2) is 27.3 Å². The van der Waals surface area contributed by atoms with Gasteiger partial charge >= 0.3 is 0 Å². The quantitative estimate of drug-likeness (QED) is 0.377. The zero-order valence-electron chi connectivity index (χ0n) is 8.58. The van der Waals surface area contributed by atoms with E-state index in [0.29, 0.717) is 5.56 Å². The van der Waals surface area contributed by atoms with Gasteiger partial charge in [-0.1, -0.05) is 28.1 Å². The number of non-ortho nitro benzene ring substituents is 1. The first-order chi connectivity index (χ1) is 7.94. The summed E-state index contributed by atoms with van der Waals surface area (Å²) in [5, 5.41) is 37.9. The molecule has 7 heteroatoms. The molecule has 0 bridgehead atoms. The maximum absolute atomic E-state index is 10.4. The minimum absolute atomic E-state index is 0.0852. The Labute approximate surface area is 105 Å². The third kappa shape index (κ3) is 2.79. The van der Waals surface area contributed by atoms with Gasteiger partial charge in [0.1, 0.15) is 6.07 Å². The molecule has 0 aliphatic carbocycles. The molecular formula is C10H9BrN2O4. The Kier molecular flexibility index (Phi) is 4.17. The lowest BCUT2D eigenvalue weighted by molar-refractivity contribution is -0.384. The highest BCUT2D eigenvalue weighted by Gasteiger charge is 2.36. The highest BCUT2D eigenvalue weighted by molar-refractivity contribution is 9.09. The number of aliphatic hydroxyl groups excluding tert-OH is 1. The van der Waals surface area contributed by atoms with E-state index < -0.39 is 22.0 Å². The number of nitriles is 1. The summed E-state index contributed by atoms with van der Waals surface area (Å²) in [4.78, 5) is 9.07. The summed E-state index contributed by atoms with van der Waals surface area (Å²) in [5.74, 6) is 0. The largest absolute Gasteiger partial charge is 0.392 e. The molecule has 0 amide bonds. The van der Waals surface area contributed by atoms with Gasteiger partial charge in [-0.15, -0.1) is 0 Å². The fourth-order valence-corrected chi connectivity index (χ4v) is 1.77. The molecule has 1 aromatic rings. The highest BCUT2D eigenvalue weighted by atomic mass is 79.9. The topological polar surface area (TPSA) is 107 Å². The van der Waals surface area contributed by atoms with Crippen molar-refractivity contribution in [2.45, 2.75) is 10.4 Å². The van der Waals surface area contributed by atoms with Gasteiger partial charge in [-0.05, 0) is 5.56 Å². The average molecular weight is 301 g/mol. The van der Waals surface area contributed by atoms with Crippen molar-refractivity contribution >= 4 is 21.6 Å². The maximum atomic E-state index is 10.4. The van der Waals surface area contributed by atoms with Crippen molar-refractivity contribution in [2.24, 2.45) is 0 Å². The van der Waals surface area contributed by atoms with Crippen LogP contribution < -0.4 is 0 Å². The second-order valence-corrected chi connectivity index (χ2v) is 4.32. The molecule has 0 fully saturated rings. The third-order valence-electron chi connectivity index (χ3n) is 2.25. The van der Waals surface area contributed by atoms with E-state index in [-0.39, 0.29) is 5.69 Å². The maximum Gasteiger partial charge on any atom is 0.269 e. The molecule has 1 aromatic carbocycles. The van der Waals surface area contributed by atoms with Gasteiger partial charge in [-0.2, -0.15) is 5.26 Å². The number of nitro benzene ring substituents is 1. The van der Waals surface area contributed by atoms with E-state index in [1.807, 2.05) is 0 Å². The number of nitro groups is 1. The number of benzene rings is 1. The van der Waals surface area contributed by atoms with Crippen LogP contribution in [0, 0.1) is 21.4 Å². The van der Waals surface area contributed by atoms with E-state index >= 15 is 0 Å². The fourth-order valence-electron chi connectivity index (χ4n) is 1.21. The summed E-state index contributed by atoms with van der Waals surface area (Å²) in [7, 11) is 0. The van der Waals surface area contributed by atoms with E-state index in [4.69, 9.17) is 10.4 Å². The second kappa shape index (κ2) is 5.23. The molecule has 2 atom stereocenters. The van der Waals surface area contributed by atoms with Crippen LogP contribution in [0.2, 0.25) is 0 Å². The molecule has 1 rings (SSSR count). The number of halogens is 1. The molecule has 0 saturated carbocycles. The van der Waals surface area contributed by atoms with Crippen LogP contribution in [-0.2, 0) is 0 Å². The number of aliphatic hydroxyl groups is 2. The Balaban J connectivity index is 3.02. The van der Waals surface area contributed by atoms with E-state index in [1.54, 1.807) is 6.07 Å². The fraction of sp³-hybridized carbons (Fsp3) is 0.300. The van der Waals surface area contributed by atoms with Gasteiger partial charge in [0.25, 0.3) is 5.69 Å². The smallest absolute Gasteiger partial charge is 0.269 e. The summed E-state index contributed by atoms with van der Waals surface area (Å²) in [6, 6.07) is 6.94. The zero-order valence-corrected chi connectivity index (χ0v) is 10.2. The van der Waals surface area contributed by atoms with Crippen LogP contribution in [0.15, 0.2) is 24.3 Å². The first kappa shape index (κ1) is 13.6. The Morgan fingerprint density at radius 3 is 2.41 bits per heavy atom. The van der Waals surface area contributed by atoms with Gasteiger partial charge in [0.2, 0.25) is 0 Å². The predicted molar refractivity (Wildman–Crippen MR) is 62.4 cm³/mol. The highest BCUT2D eigenvalue weighted by Crippen LogP contribution is 2.34. The molecule has 0 spiro atoms. The van der Waals surface area contributed by atoms with Crippen molar-refractivity contribution < 1.29 is 15.1 Å². The van der Waals surface area contributed by atoms with Gasteiger partial charge in [0.15, 0.2) is 5.60 Å². The van der Waals surface area contributed by atoms with E-state index in [2.05, 4.69) is 15.9 Å². The molecule has 0 saturated heterocycles. The SMILES string of the molecule is N#C[C@@](O)(CO)[C@@H](Br)c1ccc([N+](=O)[O-])cc1. The van der Waals surface area contributed by atoms with E-state index in [1.165, 1.54) is 24.3 Å². The first-order valence-corrected chi connectivity index (χ1v) is 5.49. The number of nitrogens with zero attached hydrogens (tertiary/aromatic N) is 2. The second-order valence-electron chi connectivity index (χ2n) is 3.41. The molecule has 90 valence electrons. The van der Waals surface area contributed by atoms with Crippen LogP contribution in [0.25, 0.3) is 0 Å². The Hall–Kier alpha value is -1.49. The summed E-state index contributed by atoms with van der Waals surface area (Å²) < 4.78 is 0. The van der Waals surface area contributed by atoms with Crippen LogP contribution in [0.3, 0.4) is 0 Å². The predicted octanol–water partition coefficient (Wildman–Crippen LogP) is 1.28. The van der Waals surface area contributed by atoms with Crippen molar-refractivity contribution in [2.75, 3.05) is 6.61 Å². The van der Waals surface area contributed by atoms with Crippen LogP contribution >= 0.6 is 15.9 Å². The monoisotopic (exact) mass is 300 g/mol. The molecular weight excluding hydrogens is 292 g/mol. The summed E-state index contributed by atoms with van der Waals surface area (Å²) in [6.45, 7) is -0.740. The van der Waals surface area contributed by atoms with Crippen molar-refractivity contribution in [3.8, 4) is 6.07 Å². The molecule has 6 nitrogen and oxygen atoms in total. The summed E-state index contributed by atoms with van der Waals surface area (Å²) >= 11 is 3.09. The van der Waals surface area contributed by atoms with E-state index in [9.17, 15) is 15.2 Å². The number of rotatable bonds is 4. The van der Waals surface area contributed by atoms with Gasteiger partial charge in [0, 0.05) is 12.1 Å². The molecule has 0 aliphatic heterocycles. The van der Waals surface area contributed by atoms with Crippen molar-refractivity contribution in [3.05, 3.63) is 39.9 Å². The molecule has 0 aromatic heterocycles. The standard InChI is InChI=1S/C10H9BrN2O4/c11-9(10(15,5-12)6-14)7-1-3-8(4-2-7)13(16)17/h1-4,9,14-15H,6H2/t9-,10+/m0/s1. The number of alkyl halides is 1. The van der Waals surface area contributed by atoms with Gasteiger partial charge in [-0.3, -0.25) is 10.1 Å². The third-order valence-corrected chi connectivity index (χ3v) is 3.54. The van der Waals surface area contributed by atoms with E-state index in [0.717, 1.165) is 0 Å². The molecule has 17 heavy (non-hydrogen) atoms. The van der Waals surface area contributed by atoms with Crippen LogP contribution in [0.5, 0.6) is 0 Å². The van der Waals surface area contributed by atoms with Crippen molar-refractivity contribution in [1.82, 2.24) is 0 Å². The minimum atomic E-state index is -1.96. The zero-order chi connectivity index (χ0) is 13.1. The molecule has 2 N–H and O–H groups in total. The molecule has 0 heterocycles. The Morgan fingerprint density at radius 1 is 1.53 bits per heavy atom. The molecule has 0 unspecified atom stereocenters. The van der Waals surface area contributed by atoms with Gasteiger partial charge < -0.3 is 10.2 Å². The molecule has 0 radical (unpaired) electrons. The van der Waals surface area contributed by atoms with Gasteiger partial charge in [-0.25, -0.2) is 0 Å². The number of hydrogen-bond acceptors (Lipinski definition) is 5. The lowest BCUT2D eigenvalue weighted by atomic mass is 9.96. The average Bonchev–Trinajstić information content (AvgIpc) is 2.37. The summed E-state index contributed by atoms with van der Waals surface area (Å²) in [5.41, 5.74) is -1.58. The van der Waals surface area contributed by atoms with Gasteiger partial charge in [0.05, 0.1) is 16.4 Å². The van der Waals surface area contributed by atoms with Crippen molar-refractivity contribution in [3.63, 3.8) is 0 Å². The van der Waals surface area contributed by atoms with Crippen molar-refractivity contribution in [1.29, 1.82) is 5.26 Å². The lowest BCUT2D eigenvalue weighted by Gasteiger charge is -2.23. The minimum Gasteiger partial charge on any atom is -0.392 e. The van der Waals surface area contributed by atoms with Crippen LogP contribution in [0.4, 0.5) is 5.69 Å². The Morgan fingerprint density at radius 2 is 2.06 bits per heavy atom. The van der Waals surface area contributed by atoms with Crippen LogP contribution in [0.1, 0.15) is 10.4 Å². The Bertz CT molecular complexity index is 456. The first-order valence-electron chi connectivity index (χ1n) is 4.57. The normalized spacial score (nSPS) is 15.6. The number of hydrogen-bond donors (Lipinski definition) is 2. The summed E-state index contributed by atoms with van der Waals surface area (Å²) in [6.07, 6.45) is 0. The molecule has 0 aliphatic rings.